The molecule has 2 rings (SSSR count). The Morgan fingerprint density at radius 2 is 2.12 bits per heavy atom. The number of hydrogen-bond donors (Lipinski definition) is 1. The zero-order chi connectivity index (χ0) is 12.3. The van der Waals surface area contributed by atoms with Crippen molar-refractivity contribution in [3.8, 4) is 0 Å². The number of anilines is 1. The van der Waals surface area contributed by atoms with Crippen molar-refractivity contribution in [2.75, 3.05) is 18.4 Å². The van der Waals surface area contributed by atoms with Gasteiger partial charge in [-0.05, 0) is 43.0 Å². The summed E-state index contributed by atoms with van der Waals surface area (Å²) in [6.07, 6.45) is 2.31. The van der Waals surface area contributed by atoms with Gasteiger partial charge in [-0.25, -0.2) is 4.79 Å². The third kappa shape index (κ3) is 3.37. The van der Waals surface area contributed by atoms with Crippen LogP contribution in [0.1, 0.15) is 19.8 Å². The first-order valence-corrected chi connectivity index (χ1v) is 6.34. The van der Waals surface area contributed by atoms with Crippen molar-refractivity contribution in [1.82, 2.24) is 4.90 Å². The Kier molecular flexibility index (Phi) is 3.89. The van der Waals surface area contributed by atoms with Gasteiger partial charge in [0.15, 0.2) is 0 Å². The van der Waals surface area contributed by atoms with Crippen LogP contribution < -0.4 is 5.32 Å². The number of benzene rings is 1. The van der Waals surface area contributed by atoms with Gasteiger partial charge in [0.2, 0.25) is 0 Å². The summed E-state index contributed by atoms with van der Waals surface area (Å²) in [6, 6.07) is 7.16. The van der Waals surface area contributed by atoms with Gasteiger partial charge in [0, 0.05) is 23.8 Å². The number of likely N-dealkylation sites (tertiary alicyclic amines) is 1. The molecular weight excluding hydrogens is 236 g/mol. The Labute approximate surface area is 107 Å². The first-order chi connectivity index (χ1) is 8.15. The van der Waals surface area contributed by atoms with Crippen LogP contribution in [0.15, 0.2) is 24.3 Å². The first kappa shape index (κ1) is 12.2. The van der Waals surface area contributed by atoms with Crippen molar-refractivity contribution >= 4 is 23.3 Å². The van der Waals surface area contributed by atoms with E-state index in [2.05, 4.69) is 12.2 Å². The van der Waals surface area contributed by atoms with Crippen molar-refractivity contribution in [3.63, 3.8) is 0 Å². The van der Waals surface area contributed by atoms with Gasteiger partial charge in [0.05, 0.1) is 0 Å². The van der Waals surface area contributed by atoms with Gasteiger partial charge in [-0.15, -0.1) is 0 Å². The molecular formula is C13H17ClN2O. The summed E-state index contributed by atoms with van der Waals surface area (Å²) in [5.74, 6) is 0.597. The van der Waals surface area contributed by atoms with Gasteiger partial charge in [-0.1, -0.05) is 18.5 Å². The standard InChI is InChI=1S/C13H17ClN2O/c1-10-3-2-8-16(9-10)13(17)15-12-6-4-11(14)5-7-12/h4-7,10H,2-3,8-9H2,1H3,(H,15,17)/t10-/m0/s1. The van der Waals surface area contributed by atoms with Crippen LogP contribution in [0, 0.1) is 5.92 Å². The van der Waals surface area contributed by atoms with Gasteiger partial charge in [-0.3, -0.25) is 0 Å². The largest absolute Gasteiger partial charge is 0.324 e. The van der Waals surface area contributed by atoms with E-state index in [9.17, 15) is 4.79 Å². The number of carbonyl (C=O) groups is 1. The molecule has 1 fully saturated rings. The lowest BCUT2D eigenvalue weighted by molar-refractivity contribution is 0.182. The molecule has 17 heavy (non-hydrogen) atoms. The van der Waals surface area contributed by atoms with Gasteiger partial charge in [0.25, 0.3) is 0 Å². The van der Waals surface area contributed by atoms with Gasteiger partial charge in [0.1, 0.15) is 0 Å². The summed E-state index contributed by atoms with van der Waals surface area (Å²) in [5.41, 5.74) is 0.789. The zero-order valence-electron chi connectivity index (χ0n) is 9.95. The summed E-state index contributed by atoms with van der Waals surface area (Å²) >= 11 is 5.79. The van der Waals surface area contributed by atoms with Crippen LogP contribution in [0.5, 0.6) is 0 Å². The second-order valence-electron chi connectivity index (χ2n) is 4.63. The molecule has 1 aromatic rings. The fourth-order valence-corrected chi connectivity index (χ4v) is 2.24. The number of amides is 2. The van der Waals surface area contributed by atoms with E-state index >= 15 is 0 Å². The summed E-state index contributed by atoms with van der Waals surface area (Å²) in [5, 5.41) is 3.56. The maximum atomic E-state index is 12.0. The van der Waals surface area contributed by atoms with Crippen molar-refractivity contribution < 1.29 is 4.79 Å². The minimum Gasteiger partial charge on any atom is -0.324 e. The Morgan fingerprint density at radius 3 is 2.76 bits per heavy atom. The maximum Gasteiger partial charge on any atom is 0.321 e. The molecule has 1 N–H and O–H groups in total. The third-order valence-electron chi connectivity index (χ3n) is 3.04. The number of rotatable bonds is 1. The second-order valence-corrected chi connectivity index (χ2v) is 5.07. The predicted molar refractivity (Wildman–Crippen MR) is 70.4 cm³/mol. The number of nitrogens with one attached hydrogen (secondary N) is 1. The Balaban J connectivity index is 1.94. The van der Waals surface area contributed by atoms with Crippen molar-refractivity contribution in [2.24, 2.45) is 5.92 Å². The topological polar surface area (TPSA) is 32.3 Å². The van der Waals surface area contributed by atoms with Crippen LogP contribution in [0.4, 0.5) is 10.5 Å². The zero-order valence-corrected chi connectivity index (χ0v) is 10.7. The minimum atomic E-state index is -0.0149. The highest BCUT2D eigenvalue weighted by molar-refractivity contribution is 6.30. The lowest BCUT2D eigenvalue weighted by atomic mass is 10.0. The van der Waals surface area contributed by atoms with E-state index in [4.69, 9.17) is 11.6 Å². The average Bonchev–Trinajstić information content (AvgIpc) is 2.32. The molecule has 0 spiro atoms. The highest BCUT2D eigenvalue weighted by Gasteiger charge is 2.20. The molecule has 92 valence electrons. The van der Waals surface area contributed by atoms with Crippen LogP contribution in [0.3, 0.4) is 0 Å². The fourth-order valence-electron chi connectivity index (χ4n) is 2.11. The normalized spacial score (nSPS) is 20.1. The molecule has 3 nitrogen and oxygen atoms in total. The summed E-state index contributed by atoms with van der Waals surface area (Å²) in [4.78, 5) is 13.9. The average molecular weight is 253 g/mol. The molecule has 0 radical (unpaired) electrons. The van der Waals surface area contributed by atoms with E-state index < -0.39 is 0 Å². The number of piperidine rings is 1. The van der Waals surface area contributed by atoms with E-state index in [1.807, 2.05) is 17.0 Å². The van der Waals surface area contributed by atoms with Gasteiger partial charge in [-0.2, -0.15) is 0 Å². The van der Waals surface area contributed by atoms with Crippen LogP contribution in [0.2, 0.25) is 5.02 Å². The summed E-state index contributed by atoms with van der Waals surface area (Å²) in [6.45, 7) is 3.88. The molecule has 1 saturated heterocycles. The fraction of sp³-hybridized carbons (Fsp3) is 0.462. The Morgan fingerprint density at radius 1 is 1.41 bits per heavy atom. The molecule has 0 saturated carbocycles. The number of nitrogens with zero attached hydrogens (tertiary/aromatic N) is 1. The molecule has 0 bridgehead atoms. The highest BCUT2D eigenvalue weighted by Crippen LogP contribution is 2.18. The van der Waals surface area contributed by atoms with E-state index in [1.165, 1.54) is 6.42 Å². The van der Waals surface area contributed by atoms with Gasteiger partial charge >= 0.3 is 6.03 Å². The molecule has 1 aliphatic heterocycles. The highest BCUT2D eigenvalue weighted by atomic mass is 35.5. The number of halogens is 1. The molecule has 0 aliphatic carbocycles. The molecule has 1 aromatic carbocycles. The number of carbonyl (C=O) groups excluding carboxylic acids is 1. The molecule has 1 aliphatic rings. The van der Waals surface area contributed by atoms with E-state index in [0.717, 1.165) is 25.2 Å². The van der Waals surface area contributed by atoms with E-state index in [-0.39, 0.29) is 6.03 Å². The Bertz CT molecular complexity index is 391. The summed E-state index contributed by atoms with van der Waals surface area (Å²) < 4.78 is 0. The molecule has 1 atom stereocenters. The minimum absolute atomic E-state index is 0.0149. The quantitative estimate of drug-likeness (QED) is 0.814. The first-order valence-electron chi connectivity index (χ1n) is 5.96. The maximum absolute atomic E-state index is 12.0. The van der Waals surface area contributed by atoms with E-state index in [1.54, 1.807) is 12.1 Å². The van der Waals surface area contributed by atoms with Crippen LogP contribution in [-0.4, -0.2) is 24.0 Å². The van der Waals surface area contributed by atoms with Crippen molar-refractivity contribution in [2.45, 2.75) is 19.8 Å². The van der Waals surface area contributed by atoms with Gasteiger partial charge < -0.3 is 10.2 Å². The molecule has 2 amide bonds. The smallest absolute Gasteiger partial charge is 0.321 e. The lowest BCUT2D eigenvalue weighted by Crippen LogP contribution is -2.41. The van der Waals surface area contributed by atoms with Crippen LogP contribution in [0.25, 0.3) is 0 Å². The predicted octanol–water partition coefficient (Wildman–Crippen LogP) is 3.60. The van der Waals surface area contributed by atoms with Crippen LogP contribution in [-0.2, 0) is 0 Å². The SMILES string of the molecule is C[C@H]1CCCN(C(=O)Nc2ccc(Cl)cc2)C1. The van der Waals surface area contributed by atoms with Crippen LogP contribution >= 0.6 is 11.6 Å². The molecule has 0 aromatic heterocycles. The molecule has 0 unspecified atom stereocenters. The lowest BCUT2D eigenvalue weighted by Gasteiger charge is -2.30. The third-order valence-corrected chi connectivity index (χ3v) is 3.29. The second kappa shape index (κ2) is 5.41. The van der Waals surface area contributed by atoms with Crippen molar-refractivity contribution in [1.29, 1.82) is 0 Å². The Hall–Kier alpha value is -1.22. The van der Waals surface area contributed by atoms with E-state index in [0.29, 0.717) is 10.9 Å². The monoisotopic (exact) mass is 252 g/mol. The van der Waals surface area contributed by atoms with Crippen molar-refractivity contribution in [3.05, 3.63) is 29.3 Å². The number of hydrogen-bond acceptors (Lipinski definition) is 1. The number of urea groups is 1. The molecule has 1 heterocycles. The molecule has 4 heteroatoms. The summed E-state index contributed by atoms with van der Waals surface area (Å²) in [7, 11) is 0.